The van der Waals surface area contributed by atoms with Crippen LogP contribution in [0.15, 0.2) is 29.3 Å². The molecule has 1 fully saturated rings. The summed E-state index contributed by atoms with van der Waals surface area (Å²) in [4.78, 5) is 18.9. The Hall–Kier alpha value is -1.06. The van der Waals surface area contributed by atoms with Gasteiger partial charge in [-0.2, -0.15) is 0 Å². The van der Waals surface area contributed by atoms with E-state index >= 15 is 0 Å². The van der Waals surface area contributed by atoms with E-state index in [0.717, 1.165) is 25.1 Å². The molecule has 0 aliphatic carbocycles. The zero-order valence-corrected chi connectivity index (χ0v) is 19.9. The second-order valence-corrected chi connectivity index (χ2v) is 7.16. The molecule has 1 atom stereocenters. The molecule has 0 saturated carbocycles. The Morgan fingerprint density at radius 1 is 1.18 bits per heavy atom. The Labute approximate surface area is 190 Å². The minimum atomic E-state index is -0.166. The molecule has 1 heterocycles. The minimum Gasteiger partial charge on any atom is -0.355 e. The van der Waals surface area contributed by atoms with Gasteiger partial charge in [0.25, 0.3) is 5.91 Å². The van der Waals surface area contributed by atoms with Crippen molar-refractivity contribution in [1.82, 2.24) is 20.9 Å². The van der Waals surface area contributed by atoms with Gasteiger partial charge in [0.05, 0.1) is 10.6 Å². The predicted molar refractivity (Wildman–Crippen MR) is 128 cm³/mol. The summed E-state index contributed by atoms with van der Waals surface area (Å²) < 4.78 is 0. The Bertz CT molecular complexity index is 628. The average molecular weight is 522 g/mol. The molecule has 1 aliphatic rings. The number of hydrogen-bond acceptors (Lipinski definition) is 3. The number of hydrogen-bond donors (Lipinski definition) is 3. The number of halogens is 2. The van der Waals surface area contributed by atoms with E-state index in [0.29, 0.717) is 23.7 Å². The number of rotatable bonds is 8. The highest BCUT2D eigenvalue weighted by atomic mass is 127. The third kappa shape index (κ3) is 8.13. The maximum absolute atomic E-state index is 12.1. The lowest BCUT2D eigenvalue weighted by Gasteiger charge is -2.35. The molecule has 3 N–H and O–H groups in total. The standard InChI is InChI=1S/C20H32ClN5O.HI/c1-3-16-8-6-7-14-26(16)15-13-25-20(22-2)24-12-11-23-19(27)17-9-4-5-10-18(17)21;/h4-5,9-10,16H,3,6-8,11-15H2,1-2H3,(H,23,27)(H2,22,24,25);1H. The van der Waals surface area contributed by atoms with Crippen molar-refractivity contribution < 1.29 is 4.79 Å². The van der Waals surface area contributed by atoms with Crippen molar-refractivity contribution in [2.75, 3.05) is 39.8 Å². The summed E-state index contributed by atoms with van der Waals surface area (Å²) in [7, 11) is 1.76. The lowest BCUT2D eigenvalue weighted by atomic mass is 10.0. The number of amides is 1. The number of aliphatic imine (C=N–C) groups is 1. The van der Waals surface area contributed by atoms with Gasteiger partial charge >= 0.3 is 0 Å². The molecule has 28 heavy (non-hydrogen) atoms. The highest BCUT2D eigenvalue weighted by Crippen LogP contribution is 2.18. The average Bonchev–Trinajstić information content (AvgIpc) is 2.70. The number of carbonyl (C=O) groups excluding carboxylic acids is 1. The molecule has 0 bridgehead atoms. The van der Waals surface area contributed by atoms with E-state index in [-0.39, 0.29) is 29.9 Å². The fourth-order valence-corrected chi connectivity index (χ4v) is 3.67. The molecule has 2 rings (SSSR count). The highest BCUT2D eigenvalue weighted by molar-refractivity contribution is 14.0. The Kier molecular flexibility index (Phi) is 12.5. The number of guanidine groups is 1. The van der Waals surface area contributed by atoms with Crippen LogP contribution in [0.2, 0.25) is 5.02 Å². The number of nitrogens with one attached hydrogen (secondary N) is 3. The first kappa shape index (κ1) is 25.0. The van der Waals surface area contributed by atoms with E-state index in [2.05, 4.69) is 32.8 Å². The van der Waals surface area contributed by atoms with Crippen LogP contribution in [0.5, 0.6) is 0 Å². The summed E-state index contributed by atoms with van der Waals surface area (Å²) in [5, 5.41) is 9.91. The summed E-state index contributed by atoms with van der Waals surface area (Å²) in [6.45, 7) is 6.45. The first-order valence-corrected chi connectivity index (χ1v) is 10.2. The molecule has 1 unspecified atom stereocenters. The van der Waals surface area contributed by atoms with Crippen LogP contribution in [-0.4, -0.2) is 62.6 Å². The first-order valence-electron chi connectivity index (χ1n) is 9.87. The minimum absolute atomic E-state index is 0. The SMILES string of the molecule is CCC1CCCCN1CCNC(=NC)NCCNC(=O)c1ccccc1Cl.I. The largest absolute Gasteiger partial charge is 0.355 e. The number of nitrogens with zero attached hydrogens (tertiary/aromatic N) is 2. The number of likely N-dealkylation sites (tertiary alicyclic amines) is 1. The molecular weight excluding hydrogens is 489 g/mol. The molecular formula is C20H33ClIN5O. The van der Waals surface area contributed by atoms with Crippen LogP contribution in [-0.2, 0) is 0 Å². The van der Waals surface area contributed by atoms with Crippen molar-refractivity contribution in [1.29, 1.82) is 0 Å². The van der Waals surface area contributed by atoms with E-state index < -0.39 is 0 Å². The van der Waals surface area contributed by atoms with Crippen molar-refractivity contribution in [2.24, 2.45) is 4.99 Å². The van der Waals surface area contributed by atoms with E-state index in [1.807, 2.05) is 6.07 Å². The smallest absolute Gasteiger partial charge is 0.252 e. The number of carbonyl (C=O) groups is 1. The van der Waals surface area contributed by atoms with Crippen molar-refractivity contribution in [3.8, 4) is 0 Å². The van der Waals surface area contributed by atoms with Crippen LogP contribution in [0, 0.1) is 0 Å². The maximum Gasteiger partial charge on any atom is 0.252 e. The fourth-order valence-electron chi connectivity index (χ4n) is 3.45. The fraction of sp³-hybridized carbons (Fsp3) is 0.600. The molecule has 0 radical (unpaired) electrons. The highest BCUT2D eigenvalue weighted by Gasteiger charge is 2.19. The van der Waals surface area contributed by atoms with Gasteiger partial charge in [-0.15, -0.1) is 24.0 Å². The Morgan fingerprint density at radius 3 is 2.61 bits per heavy atom. The van der Waals surface area contributed by atoms with E-state index in [9.17, 15) is 4.79 Å². The quantitative estimate of drug-likeness (QED) is 0.213. The topological polar surface area (TPSA) is 68.8 Å². The van der Waals surface area contributed by atoms with Crippen LogP contribution in [0.25, 0.3) is 0 Å². The van der Waals surface area contributed by atoms with Gasteiger partial charge in [0, 0.05) is 39.3 Å². The summed E-state index contributed by atoms with van der Waals surface area (Å²) in [5.74, 6) is 0.591. The van der Waals surface area contributed by atoms with Crippen LogP contribution in [0.1, 0.15) is 43.0 Å². The van der Waals surface area contributed by atoms with Gasteiger partial charge in [0.2, 0.25) is 0 Å². The number of piperidine rings is 1. The summed E-state index contributed by atoms with van der Waals surface area (Å²) in [5.41, 5.74) is 0.494. The van der Waals surface area contributed by atoms with Crippen molar-refractivity contribution in [3.63, 3.8) is 0 Å². The first-order chi connectivity index (χ1) is 13.2. The molecule has 1 aliphatic heterocycles. The van der Waals surface area contributed by atoms with Gasteiger partial charge in [0.1, 0.15) is 0 Å². The van der Waals surface area contributed by atoms with Crippen molar-refractivity contribution in [3.05, 3.63) is 34.9 Å². The van der Waals surface area contributed by atoms with Crippen LogP contribution in [0.3, 0.4) is 0 Å². The summed E-state index contributed by atoms with van der Waals surface area (Å²) in [6.07, 6.45) is 5.19. The Morgan fingerprint density at radius 2 is 1.89 bits per heavy atom. The van der Waals surface area contributed by atoms with Gasteiger partial charge in [-0.05, 0) is 37.9 Å². The lowest BCUT2D eigenvalue weighted by Crippen LogP contribution is -2.46. The van der Waals surface area contributed by atoms with Crippen molar-refractivity contribution in [2.45, 2.75) is 38.6 Å². The van der Waals surface area contributed by atoms with Crippen LogP contribution < -0.4 is 16.0 Å². The van der Waals surface area contributed by atoms with Gasteiger partial charge in [-0.25, -0.2) is 0 Å². The summed E-state index contributed by atoms with van der Waals surface area (Å²) in [6, 6.07) is 7.76. The van der Waals surface area contributed by atoms with Gasteiger partial charge in [-0.3, -0.25) is 14.7 Å². The third-order valence-corrected chi connectivity index (χ3v) is 5.29. The van der Waals surface area contributed by atoms with E-state index in [4.69, 9.17) is 11.6 Å². The zero-order chi connectivity index (χ0) is 19.5. The molecule has 158 valence electrons. The maximum atomic E-state index is 12.1. The van der Waals surface area contributed by atoms with Gasteiger partial charge in [0.15, 0.2) is 5.96 Å². The monoisotopic (exact) mass is 521 g/mol. The third-order valence-electron chi connectivity index (χ3n) is 4.96. The van der Waals surface area contributed by atoms with Gasteiger partial charge < -0.3 is 16.0 Å². The molecule has 0 spiro atoms. The molecule has 1 aromatic carbocycles. The Balaban J connectivity index is 0.00000392. The molecule has 1 amide bonds. The van der Waals surface area contributed by atoms with Crippen LogP contribution in [0.4, 0.5) is 0 Å². The molecule has 8 heteroatoms. The molecule has 1 aromatic rings. The van der Waals surface area contributed by atoms with Gasteiger partial charge in [-0.1, -0.05) is 37.1 Å². The normalized spacial score (nSPS) is 17.5. The molecule has 0 aromatic heterocycles. The zero-order valence-electron chi connectivity index (χ0n) is 16.8. The number of benzene rings is 1. The lowest BCUT2D eigenvalue weighted by molar-refractivity contribution is 0.0954. The van der Waals surface area contributed by atoms with Crippen LogP contribution >= 0.6 is 35.6 Å². The summed E-state index contributed by atoms with van der Waals surface area (Å²) >= 11 is 6.04. The second-order valence-electron chi connectivity index (χ2n) is 6.76. The van der Waals surface area contributed by atoms with E-state index in [1.54, 1.807) is 25.2 Å². The molecule has 1 saturated heterocycles. The van der Waals surface area contributed by atoms with Crippen molar-refractivity contribution >= 4 is 47.4 Å². The van der Waals surface area contributed by atoms with E-state index in [1.165, 1.54) is 32.2 Å². The molecule has 6 nitrogen and oxygen atoms in total. The predicted octanol–water partition coefficient (Wildman–Crippen LogP) is 3.12. The second kappa shape index (κ2) is 14.0.